The molecule has 1 N–H and O–H groups in total. The van der Waals surface area contributed by atoms with Gasteiger partial charge in [0.05, 0.1) is 5.69 Å². The molecule has 0 unspecified atom stereocenters. The van der Waals surface area contributed by atoms with Gasteiger partial charge in [-0.05, 0) is 80.1 Å². The zero-order chi connectivity index (χ0) is 22.3. The van der Waals surface area contributed by atoms with Gasteiger partial charge in [0.25, 0.3) is 11.8 Å². The molecule has 1 aliphatic rings. The monoisotopic (exact) mass is 421 g/mol. The molecule has 1 fully saturated rings. The van der Waals surface area contributed by atoms with E-state index < -0.39 is 23.7 Å². The molecule has 1 saturated heterocycles. The standard InChI is InChI=1S/C23H17F2N3O3/c1-13-11-15(14(2)27(13)18-7-3-16(24)4-8-18)12-20-21(29)26-23(31)28(22(20)30)19-9-5-17(25)6-10-19/h3-12H,1-2H3,(H,26,29,31)/b20-12+. The maximum Gasteiger partial charge on any atom is 0.335 e. The van der Waals surface area contributed by atoms with Crippen molar-refractivity contribution in [3.05, 3.63) is 88.8 Å². The number of carbonyl (C=O) groups is 3. The van der Waals surface area contributed by atoms with Crippen molar-refractivity contribution in [1.29, 1.82) is 0 Å². The van der Waals surface area contributed by atoms with Crippen LogP contribution in [0.15, 0.2) is 60.2 Å². The molecule has 2 aromatic carbocycles. The summed E-state index contributed by atoms with van der Waals surface area (Å²) < 4.78 is 28.4. The van der Waals surface area contributed by atoms with Crippen molar-refractivity contribution in [2.45, 2.75) is 13.8 Å². The molecule has 3 aromatic rings. The molecule has 0 spiro atoms. The Morgan fingerprint density at radius 2 is 1.39 bits per heavy atom. The Labute approximate surface area is 176 Å². The quantitative estimate of drug-likeness (QED) is 0.513. The number of nitrogens with one attached hydrogen (secondary N) is 1. The predicted octanol–water partition coefficient (Wildman–Crippen LogP) is 4.04. The SMILES string of the molecule is Cc1cc(/C=C2\C(=O)NC(=O)N(c3ccc(F)cc3)C2=O)c(C)n1-c1ccc(F)cc1. The highest BCUT2D eigenvalue weighted by molar-refractivity contribution is 6.39. The number of carbonyl (C=O) groups excluding carboxylic acids is 3. The highest BCUT2D eigenvalue weighted by Gasteiger charge is 2.37. The Hall–Kier alpha value is -4.07. The smallest absolute Gasteiger partial charge is 0.318 e. The van der Waals surface area contributed by atoms with Crippen molar-refractivity contribution in [3.63, 3.8) is 0 Å². The number of rotatable bonds is 3. The summed E-state index contributed by atoms with van der Waals surface area (Å²) in [7, 11) is 0. The number of urea groups is 1. The molecule has 1 aliphatic heterocycles. The van der Waals surface area contributed by atoms with Crippen LogP contribution in [0.3, 0.4) is 0 Å². The van der Waals surface area contributed by atoms with Crippen LogP contribution in [0.5, 0.6) is 0 Å². The maximum atomic E-state index is 13.3. The lowest BCUT2D eigenvalue weighted by molar-refractivity contribution is -0.122. The minimum absolute atomic E-state index is 0.138. The molecular formula is C23H17F2N3O3. The highest BCUT2D eigenvalue weighted by Crippen LogP contribution is 2.26. The Morgan fingerprint density at radius 1 is 0.839 bits per heavy atom. The van der Waals surface area contributed by atoms with E-state index in [0.717, 1.165) is 34.1 Å². The summed E-state index contributed by atoms with van der Waals surface area (Å²) in [5.41, 5.74) is 2.76. The topological polar surface area (TPSA) is 71.4 Å². The van der Waals surface area contributed by atoms with Crippen molar-refractivity contribution < 1.29 is 23.2 Å². The summed E-state index contributed by atoms with van der Waals surface area (Å²) in [6.07, 6.45) is 1.41. The third kappa shape index (κ3) is 3.63. The fourth-order valence-corrected chi connectivity index (χ4v) is 3.56. The lowest BCUT2D eigenvalue weighted by Gasteiger charge is -2.26. The van der Waals surface area contributed by atoms with Gasteiger partial charge in [-0.3, -0.25) is 14.9 Å². The van der Waals surface area contributed by atoms with Gasteiger partial charge in [0.1, 0.15) is 17.2 Å². The van der Waals surface area contributed by atoms with E-state index in [-0.39, 0.29) is 17.1 Å². The van der Waals surface area contributed by atoms with Crippen LogP contribution in [-0.2, 0) is 9.59 Å². The predicted molar refractivity (Wildman–Crippen MR) is 111 cm³/mol. The summed E-state index contributed by atoms with van der Waals surface area (Å²) in [5.74, 6) is -2.51. The van der Waals surface area contributed by atoms with E-state index in [1.54, 1.807) is 25.1 Å². The molecule has 1 aromatic heterocycles. The molecule has 0 saturated carbocycles. The first-order chi connectivity index (χ1) is 14.8. The molecule has 4 rings (SSSR count). The average molecular weight is 421 g/mol. The number of aromatic nitrogens is 1. The molecule has 0 bridgehead atoms. The second-order valence-corrected chi connectivity index (χ2v) is 7.07. The Kier molecular flexibility index (Phi) is 4.98. The highest BCUT2D eigenvalue weighted by atomic mass is 19.1. The van der Waals surface area contributed by atoms with Crippen LogP contribution >= 0.6 is 0 Å². The molecule has 6 nitrogen and oxygen atoms in total. The average Bonchev–Trinajstić information content (AvgIpc) is 3.00. The Balaban J connectivity index is 1.75. The van der Waals surface area contributed by atoms with Gasteiger partial charge < -0.3 is 4.57 Å². The van der Waals surface area contributed by atoms with Gasteiger partial charge in [0.15, 0.2) is 0 Å². The number of benzene rings is 2. The number of aryl methyl sites for hydroxylation is 1. The van der Waals surface area contributed by atoms with Crippen molar-refractivity contribution in [2.24, 2.45) is 0 Å². The zero-order valence-electron chi connectivity index (χ0n) is 16.6. The van der Waals surface area contributed by atoms with E-state index in [1.807, 2.05) is 11.5 Å². The van der Waals surface area contributed by atoms with E-state index in [1.165, 1.54) is 30.3 Å². The van der Waals surface area contributed by atoms with Gasteiger partial charge in [-0.15, -0.1) is 0 Å². The van der Waals surface area contributed by atoms with Crippen LogP contribution in [0.25, 0.3) is 11.8 Å². The fourth-order valence-electron chi connectivity index (χ4n) is 3.56. The van der Waals surface area contributed by atoms with Gasteiger partial charge in [-0.25, -0.2) is 18.5 Å². The number of hydrogen-bond donors (Lipinski definition) is 1. The first-order valence-electron chi connectivity index (χ1n) is 9.38. The number of hydrogen-bond acceptors (Lipinski definition) is 3. The van der Waals surface area contributed by atoms with E-state index in [4.69, 9.17) is 0 Å². The Bertz CT molecular complexity index is 1240. The minimum atomic E-state index is -0.907. The zero-order valence-corrected chi connectivity index (χ0v) is 16.6. The number of imide groups is 2. The van der Waals surface area contributed by atoms with Crippen LogP contribution in [0, 0.1) is 25.5 Å². The summed E-state index contributed by atoms with van der Waals surface area (Å²) in [4.78, 5) is 38.4. The summed E-state index contributed by atoms with van der Waals surface area (Å²) in [6.45, 7) is 3.65. The van der Waals surface area contributed by atoms with Crippen molar-refractivity contribution >= 4 is 29.6 Å². The molecular weight excluding hydrogens is 404 g/mol. The molecule has 2 heterocycles. The fraction of sp³-hybridized carbons (Fsp3) is 0.0870. The van der Waals surface area contributed by atoms with Gasteiger partial charge in [0.2, 0.25) is 0 Å². The molecule has 156 valence electrons. The maximum absolute atomic E-state index is 13.3. The van der Waals surface area contributed by atoms with Crippen LogP contribution in [-0.4, -0.2) is 22.4 Å². The summed E-state index contributed by atoms with van der Waals surface area (Å²) in [5, 5.41) is 2.14. The molecule has 31 heavy (non-hydrogen) atoms. The van der Waals surface area contributed by atoms with Crippen LogP contribution in [0.4, 0.5) is 19.3 Å². The summed E-state index contributed by atoms with van der Waals surface area (Å²) in [6, 6.07) is 11.6. The number of anilines is 1. The second-order valence-electron chi connectivity index (χ2n) is 7.07. The lowest BCUT2D eigenvalue weighted by Crippen LogP contribution is -2.54. The van der Waals surface area contributed by atoms with Crippen molar-refractivity contribution in [1.82, 2.24) is 9.88 Å². The number of amides is 4. The van der Waals surface area contributed by atoms with E-state index in [2.05, 4.69) is 5.32 Å². The van der Waals surface area contributed by atoms with Gasteiger partial charge in [0, 0.05) is 17.1 Å². The lowest BCUT2D eigenvalue weighted by atomic mass is 10.1. The third-order valence-corrected chi connectivity index (χ3v) is 5.04. The van der Waals surface area contributed by atoms with E-state index in [0.29, 0.717) is 5.56 Å². The normalized spacial score (nSPS) is 15.5. The third-order valence-electron chi connectivity index (χ3n) is 5.04. The molecule has 0 aliphatic carbocycles. The number of halogens is 2. The van der Waals surface area contributed by atoms with Gasteiger partial charge >= 0.3 is 6.03 Å². The van der Waals surface area contributed by atoms with Crippen molar-refractivity contribution in [2.75, 3.05) is 4.90 Å². The Morgan fingerprint density at radius 3 is 1.97 bits per heavy atom. The van der Waals surface area contributed by atoms with Crippen LogP contribution < -0.4 is 10.2 Å². The van der Waals surface area contributed by atoms with Crippen LogP contribution in [0.2, 0.25) is 0 Å². The first-order valence-corrected chi connectivity index (χ1v) is 9.38. The first kappa shape index (κ1) is 20.2. The van der Waals surface area contributed by atoms with Crippen LogP contribution in [0.1, 0.15) is 17.0 Å². The number of barbiturate groups is 1. The second kappa shape index (κ2) is 7.64. The van der Waals surface area contributed by atoms with Crippen molar-refractivity contribution in [3.8, 4) is 5.69 Å². The number of nitrogens with zero attached hydrogens (tertiary/aromatic N) is 2. The van der Waals surface area contributed by atoms with Gasteiger partial charge in [-0.1, -0.05) is 0 Å². The molecule has 0 radical (unpaired) electrons. The minimum Gasteiger partial charge on any atom is -0.318 e. The molecule has 4 amide bonds. The van der Waals surface area contributed by atoms with Gasteiger partial charge in [-0.2, -0.15) is 0 Å². The van der Waals surface area contributed by atoms with E-state index in [9.17, 15) is 23.2 Å². The van der Waals surface area contributed by atoms with E-state index >= 15 is 0 Å². The summed E-state index contributed by atoms with van der Waals surface area (Å²) >= 11 is 0. The molecule has 8 heteroatoms. The molecule has 0 atom stereocenters. The largest absolute Gasteiger partial charge is 0.335 e.